The lowest BCUT2D eigenvalue weighted by Gasteiger charge is -2.11. The van der Waals surface area contributed by atoms with Crippen molar-refractivity contribution in [2.24, 2.45) is 5.10 Å². The number of thioether (sulfide) groups is 1. The lowest BCUT2D eigenvalue weighted by molar-refractivity contribution is -0.700. The monoisotopic (exact) mass is 446 g/mol. The molecule has 0 radical (unpaired) electrons. The van der Waals surface area contributed by atoms with E-state index >= 15 is 0 Å². The van der Waals surface area contributed by atoms with Crippen LogP contribution >= 0.6 is 11.8 Å². The van der Waals surface area contributed by atoms with E-state index in [1.165, 1.54) is 36.7 Å². The molecule has 0 aliphatic carbocycles. The Labute approximate surface area is 189 Å². The van der Waals surface area contributed by atoms with Crippen molar-refractivity contribution >= 4 is 34.9 Å². The maximum atomic E-state index is 12.3. The number of amides is 1. The van der Waals surface area contributed by atoms with Crippen molar-refractivity contribution in [2.75, 3.05) is 12.9 Å². The van der Waals surface area contributed by atoms with Gasteiger partial charge in [0.05, 0.1) is 19.1 Å². The van der Waals surface area contributed by atoms with Crippen molar-refractivity contribution in [3.05, 3.63) is 83.9 Å². The summed E-state index contributed by atoms with van der Waals surface area (Å²) in [5.41, 5.74) is 6.45. The van der Waals surface area contributed by atoms with Gasteiger partial charge in [-0.3, -0.25) is 4.79 Å². The fraction of sp³-hybridized carbons (Fsp3) is 0.125. The van der Waals surface area contributed by atoms with Crippen LogP contribution in [0.1, 0.15) is 11.1 Å². The van der Waals surface area contributed by atoms with E-state index < -0.39 is 0 Å². The van der Waals surface area contributed by atoms with Crippen molar-refractivity contribution in [2.45, 2.75) is 11.7 Å². The van der Waals surface area contributed by atoms with Gasteiger partial charge in [0, 0.05) is 0 Å². The number of imidazole rings is 1. The Morgan fingerprint density at radius 3 is 2.75 bits per heavy atom. The molecule has 0 bridgehead atoms. The van der Waals surface area contributed by atoms with Gasteiger partial charge in [0.15, 0.2) is 11.0 Å². The van der Waals surface area contributed by atoms with E-state index in [0.29, 0.717) is 12.1 Å². The highest BCUT2D eigenvalue weighted by Gasteiger charge is 2.20. The third-order valence-corrected chi connectivity index (χ3v) is 5.80. The molecule has 0 saturated heterocycles. The molecular weight excluding hydrogens is 424 g/mol. The first-order valence-electron chi connectivity index (χ1n) is 9.98. The number of methoxy groups -OCH3 is 1. The Bertz CT molecular complexity index is 1250. The molecule has 0 spiro atoms. The van der Waals surface area contributed by atoms with Crippen molar-refractivity contribution < 1.29 is 19.2 Å². The van der Waals surface area contributed by atoms with Crippen molar-refractivity contribution in [3.63, 3.8) is 0 Å². The Balaban J connectivity index is 1.42. The molecule has 0 saturated carbocycles. The molecule has 1 amide bonds. The molecule has 162 valence electrons. The summed E-state index contributed by atoms with van der Waals surface area (Å²) in [5, 5.41) is 16.4. The summed E-state index contributed by atoms with van der Waals surface area (Å²) in [5.74, 6) is -0.00434. The largest absolute Gasteiger partial charge is 0.870 e. The SMILES string of the molecule is COc1cc(/C=N/NC(=O)CSc2[nH]c3ccccc3[n+]2Cc2ccccc2)ccc1[O-]. The number of benzene rings is 3. The number of nitrogens with one attached hydrogen (secondary N) is 2. The number of ether oxygens (including phenoxy) is 1. The second-order valence-electron chi connectivity index (χ2n) is 7.01. The molecule has 0 atom stereocenters. The second kappa shape index (κ2) is 10.0. The van der Waals surface area contributed by atoms with Gasteiger partial charge in [-0.05, 0) is 41.1 Å². The van der Waals surface area contributed by atoms with Crippen molar-refractivity contribution in [1.82, 2.24) is 10.4 Å². The summed E-state index contributed by atoms with van der Waals surface area (Å²) < 4.78 is 7.18. The van der Waals surface area contributed by atoms with Crippen LogP contribution in [0.2, 0.25) is 0 Å². The van der Waals surface area contributed by atoms with Gasteiger partial charge in [0.1, 0.15) is 12.3 Å². The van der Waals surface area contributed by atoms with E-state index in [0.717, 1.165) is 16.2 Å². The van der Waals surface area contributed by atoms with Gasteiger partial charge in [0.2, 0.25) is 0 Å². The highest BCUT2D eigenvalue weighted by atomic mass is 32.2. The van der Waals surface area contributed by atoms with Gasteiger partial charge in [0.25, 0.3) is 5.91 Å². The Hall–Kier alpha value is -3.78. The number of aromatic nitrogens is 2. The molecule has 0 aliphatic rings. The van der Waals surface area contributed by atoms with Crippen LogP contribution in [0, 0.1) is 0 Å². The van der Waals surface area contributed by atoms with Crippen molar-refractivity contribution in [3.8, 4) is 11.5 Å². The third-order valence-electron chi connectivity index (χ3n) is 4.80. The first kappa shape index (κ1) is 21.5. The van der Waals surface area contributed by atoms with E-state index in [2.05, 4.69) is 38.3 Å². The van der Waals surface area contributed by atoms with Crippen LogP contribution in [-0.2, 0) is 11.3 Å². The number of carbonyl (C=O) groups is 1. The number of H-pyrrole nitrogens is 1. The molecule has 8 heteroatoms. The number of hydrazone groups is 1. The molecule has 7 nitrogen and oxygen atoms in total. The lowest BCUT2D eigenvalue weighted by atomic mass is 10.2. The summed E-state index contributed by atoms with van der Waals surface area (Å²) in [6.07, 6.45) is 1.48. The highest BCUT2D eigenvalue weighted by Crippen LogP contribution is 2.23. The molecule has 3 aromatic carbocycles. The standard InChI is InChI=1S/C24H22N4O3S/c1-31-22-13-18(11-12-21(22)29)14-25-27-23(30)16-32-24-26-19-9-5-6-10-20(19)28(24)15-17-7-3-2-4-8-17/h2-14H,15-16H2,1H3,(H2,25,27,29,30). The molecule has 4 rings (SSSR count). The van der Waals surface area contributed by atoms with Gasteiger partial charge in [-0.25, -0.2) is 15.0 Å². The quantitative estimate of drug-likeness (QED) is 0.188. The zero-order valence-corrected chi connectivity index (χ0v) is 18.3. The van der Waals surface area contributed by atoms with E-state index in [-0.39, 0.29) is 23.2 Å². The van der Waals surface area contributed by atoms with Crippen LogP contribution in [0.3, 0.4) is 0 Å². The minimum absolute atomic E-state index is 0.196. The summed E-state index contributed by atoms with van der Waals surface area (Å²) >= 11 is 1.41. The average molecular weight is 447 g/mol. The Morgan fingerprint density at radius 1 is 1.16 bits per heavy atom. The number of aromatic amines is 1. The van der Waals surface area contributed by atoms with Crippen molar-refractivity contribution in [1.29, 1.82) is 0 Å². The predicted molar refractivity (Wildman–Crippen MR) is 123 cm³/mol. The number of carbonyl (C=O) groups excluding carboxylic acids is 1. The van der Waals surface area contributed by atoms with Crippen LogP contribution in [0.5, 0.6) is 11.5 Å². The van der Waals surface area contributed by atoms with Crippen LogP contribution in [-0.4, -0.2) is 30.0 Å². The fourth-order valence-electron chi connectivity index (χ4n) is 3.25. The molecule has 32 heavy (non-hydrogen) atoms. The average Bonchev–Trinajstić information content (AvgIpc) is 3.17. The van der Waals surface area contributed by atoms with Gasteiger partial charge in [-0.2, -0.15) is 5.10 Å². The number of hydrogen-bond acceptors (Lipinski definition) is 5. The zero-order chi connectivity index (χ0) is 22.3. The fourth-order valence-corrected chi connectivity index (χ4v) is 4.09. The van der Waals surface area contributed by atoms with E-state index in [1.54, 1.807) is 12.1 Å². The summed E-state index contributed by atoms with van der Waals surface area (Å²) in [6, 6.07) is 22.9. The molecule has 0 unspecified atom stereocenters. The third kappa shape index (κ3) is 5.09. The molecule has 4 aromatic rings. The van der Waals surface area contributed by atoms with Gasteiger partial charge in [-0.1, -0.05) is 60.3 Å². The second-order valence-corrected chi connectivity index (χ2v) is 7.98. The summed E-state index contributed by atoms with van der Waals surface area (Å²) in [6.45, 7) is 0.699. The first-order chi connectivity index (χ1) is 15.6. The molecule has 0 fully saturated rings. The molecular formula is C24H22N4O3S. The number of fused-ring (bicyclic) bond motifs is 1. The lowest BCUT2D eigenvalue weighted by Crippen LogP contribution is -2.36. The predicted octanol–water partition coefficient (Wildman–Crippen LogP) is 2.83. The normalized spacial score (nSPS) is 11.2. The molecule has 0 aliphatic heterocycles. The van der Waals surface area contributed by atoms with Gasteiger partial charge in [-0.15, -0.1) is 0 Å². The first-order valence-corrected chi connectivity index (χ1v) is 11.0. The minimum Gasteiger partial charge on any atom is -0.870 e. The van der Waals surface area contributed by atoms with E-state index in [4.69, 9.17) is 4.74 Å². The maximum Gasteiger partial charge on any atom is 0.317 e. The topological polar surface area (TPSA) is 93.4 Å². The van der Waals surface area contributed by atoms with Gasteiger partial charge < -0.3 is 9.84 Å². The van der Waals surface area contributed by atoms with E-state index in [9.17, 15) is 9.90 Å². The van der Waals surface area contributed by atoms with E-state index in [1.807, 2.05) is 36.4 Å². The van der Waals surface area contributed by atoms with Gasteiger partial charge >= 0.3 is 5.16 Å². The smallest absolute Gasteiger partial charge is 0.317 e. The molecule has 1 heterocycles. The molecule has 1 aromatic heterocycles. The highest BCUT2D eigenvalue weighted by molar-refractivity contribution is 7.99. The molecule has 2 N–H and O–H groups in total. The van der Waals surface area contributed by atoms with Crippen LogP contribution < -0.4 is 19.8 Å². The number of nitrogens with zero attached hydrogens (tertiary/aromatic N) is 2. The minimum atomic E-state index is -0.233. The van der Waals surface area contributed by atoms with Crippen LogP contribution in [0.15, 0.2) is 83.1 Å². The summed E-state index contributed by atoms with van der Waals surface area (Å²) in [4.78, 5) is 15.7. The zero-order valence-electron chi connectivity index (χ0n) is 17.4. The Morgan fingerprint density at radius 2 is 1.94 bits per heavy atom. The number of hydrogen-bond donors (Lipinski definition) is 2. The number of para-hydroxylation sites is 2. The maximum absolute atomic E-state index is 12.3. The van der Waals surface area contributed by atoms with Crippen LogP contribution in [0.4, 0.5) is 0 Å². The van der Waals surface area contributed by atoms with Crippen LogP contribution in [0.25, 0.3) is 11.0 Å². The Kier molecular flexibility index (Phi) is 6.72. The number of rotatable bonds is 8. The summed E-state index contributed by atoms with van der Waals surface area (Å²) in [7, 11) is 1.44.